The highest BCUT2D eigenvalue weighted by Gasteiger charge is 2.33. The van der Waals surface area contributed by atoms with Crippen molar-refractivity contribution in [1.29, 1.82) is 0 Å². The highest BCUT2D eigenvalue weighted by molar-refractivity contribution is 8.26. The quantitative estimate of drug-likeness (QED) is 0.233. The molecule has 4 heterocycles. The Morgan fingerprint density at radius 3 is 2.40 bits per heavy atom. The molecule has 0 radical (unpaired) electrons. The van der Waals surface area contributed by atoms with E-state index in [0.717, 1.165) is 23.0 Å². The summed E-state index contributed by atoms with van der Waals surface area (Å²) in [5.74, 6) is -0.0315. The molecule has 2 aromatic heterocycles. The summed E-state index contributed by atoms with van der Waals surface area (Å²) in [5, 5.41) is 0.555. The molecule has 40 heavy (non-hydrogen) atoms. The van der Waals surface area contributed by atoms with E-state index >= 15 is 0 Å². The normalized spacial score (nSPS) is 16.9. The minimum Gasteiger partial charge on any atom is -0.368 e. The monoisotopic (exact) mass is 591 g/mol. The van der Waals surface area contributed by atoms with E-state index in [4.69, 9.17) is 28.8 Å². The number of fused-ring (bicyclic) bond motifs is 1. The largest absolute Gasteiger partial charge is 0.368 e. The van der Waals surface area contributed by atoms with Crippen molar-refractivity contribution in [3.8, 4) is 0 Å². The lowest BCUT2D eigenvalue weighted by atomic mass is 10.2. The number of rotatable bonds is 5. The van der Waals surface area contributed by atoms with Crippen molar-refractivity contribution >= 4 is 69.0 Å². The Bertz CT molecular complexity index is 1720. The summed E-state index contributed by atoms with van der Waals surface area (Å²) in [6, 6.07) is 19.1. The number of halogens is 2. The number of amides is 1. The lowest BCUT2D eigenvalue weighted by Crippen LogP contribution is -2.47. The number of pyridine rings is 1. The van der Waals surface area contributed by atoms with Gasteiger partial charge in [0.1, 0.15) is 21.6 Å². The van der Waals surface area contributed by atoms with Gasteiger partial charge in [-0.25, -0.2) is 9.37 Å². The molecule has 11 heteroatoms. The van der Waals surface area contributed by atoms with Crippen molar-refractivity contribution in [3.63, 3.8) is 0 Å². The van der Waals surface area contributed by atoms with Crippen LogP contribution in [0.25, 0.3) is 11.7 Å². The molecule has 0 saturated carbocycles. The molecular weight excluding hydrogens is 569 g/mol. The lowest BCUT2D eigenvalue weighted by molar-refractivity contribution is -0.122. The van der Waals surface area contributed by atoms with Gasteiger partial charge in [0.15, 0.2) is 0 Å². The number of thiocarbonyl (C=S) groups is 1. The molecule has 6 rings (SSSR count). The first kappa shape index (κ1) is 26.5. The van der Waals surface area contributed by atoms with E-state index in [2.05, 4.69) is 9.80 Å². The molecule has 2 aliphatic heterocycles. The minimum atomic E-state index is -0.278. The van der Waals surface area contributed by atoms with Crippen LogP contribution < -0.4 is 15.4 Å². The maximum absolute atomic E-state index is 13.7. The number of carbonyl (C=O) groups is 1. The summed E-state index contributed by atoms with van der Waals surface area (Å²) >= 11 is 13.0. The molecule has 0 spiro atoms. The Morgan fingerprint density at radius 1 is 0.950 bits per heavy atom. The van der Waals surface area contributed by atoms with Gasteiger partial charge in [0.2, 0.25) is 0 Å². The molecule has 4 aromatic rings. The summed E-state index contributed by atoms with van der Waals surface area (Å²) in [5.41, 5.74) is 2.31. The average molecular weight is 592 g/mol. The zero-order chi connectivity index (χ0) is 27.8. The highest BCUT2D eigenvalue weighted by Crippen LogP contribution is 2.35. The summed E-state index contributed by atoms with van der Waals surface area (Å²) in [6.07, 6.45) is 3.28. The molecule has 7 nitrogen and oxygen atoms in total. The Morgan fingerprint density at radius 2 is 1.65 bits per heavy atom. The maximum Gasteiger partial charge on any atom is 0.267 e. The van der Waals surface area contributed by atoms with E-state index in [1.54, 1.807) is 42.6 Å². The van der Waals surface area contributed by atoms with Gasteiger partial charge in [-0.1, -0.05) is 59.8 Å². The molecule has 2 fully saturated rings. The Kier molecular flexibility index (Phi) is 7.31. The number of nitrogens with zero attached hydrogens (tertiary/aromatic N) is 5. The molecule has 202 valence electrons. The van der Waals surface area contributed by atoms with Gasteiger partial charge < -0.3 is 9.80 Å². The van der Waals surface area contributed by atoms with E-state index in [0.29, 0.717) is 57.5 Å². The van der Waals surface area contributed by atoms with Gasteiger partial charge in [0.05, 0.1) is 17.0 Å². The van der Waals surface area contributed by atoms with Gasteiger partial charge in [0.25, 0.3) is 11.5 Å². The van der Waals surface area contributed by atoms with Crippen LogP contribution in [0.4, 0.5) is 15.9 Å². The van der Waals surface area contributed by atoms with Crippen LogP contribution in [-0.4, -0.2) is 50.7 Å². The maximum atomic E-state index is 13.7. The van der Waals surface area contributed by atoms with E-state index < -0.39 is 0 Å². The molecule has 0 N–H and O–H groups in total. The first-order valence-electron chi connectivity index (χ1n) is 12.6. The standard InChI is InChI=1S/C29H23ClFN5O2S2/c30-23-6-2-1-5-19(23)18-36-28(38)24(40-29(36)39)17-22-26(32-25-7-3-4-12-35(25)27(22)37)34-15-13-33(14-16-34)21-10-8-20(31)9-11-21/h1-12,17H,13-16,18H2/b24-17+. The van der Waals surface area contributed by atoms with Crippen LogP contribution in [0.15, 0.2) is 82.6 Å². The summed E-state index contributed by atoms with van der Waals surface area (Å²) < 4.78 is 15.3. The van der Waals surface area contributed by atoms with Crippen LogP contribution in [0.5, 0.6) is 0 Å². The SMILES string of the molecule is O=C1/C(=C\c2c(N3CCN(c4ccc(F)cc4)CC3)nc3ccccn3c2=O)SC(=S)N1Cc1ccccc1Cl. The van der Waals surface area contributed by atoms with Crippen molar-refractivity contribution in [1.82, 2.24) is 14.3 Å². The van der Waals surface area contributed by atoms with Crippen LogP contribution in [-0.2, 0) is 11.3 Å². The molecule has 2 aromatic carbocycles. The van der Waals surface area contributed by atoms with Gasteiger partial charge in [-0.15, -0.1) is 0 Å². The number of carbonyl (C=O) groups excluding carboxylic acids is 1. The molecule has 0 aliphatic carbocycles. The van der Waals surface area contributed by atoms with E-state index in [1.165, 1.54) is 21.4 Å². The zero-order valence-corrected chi connectivity index (χ0v) is 23.6. The first-order valence-corrected chi connectivity index (χ1v) is 14.2. The summed E-state index contributed by atoms with van der Waals surface area (Å²) in [6.45, 7) is 2.78. The molecule has 0 atom stereocenters. The van der Waals surface area contributed by atoms with Crippen LogP contribution in [0.2, 0.25) is 5.02 Å². The number of hydrogen-bond acceptors (Lipinski definition) is 7. The number of aromatic nitrogens is 2. The van der Waals surface area contributed by atoms with Gasteiger partial charge in [-0.05, 0) is 54.1 Å². The fourth-order valence-corrected chi connectivity index (χ4v) is 6.28. The number of thioether (sulfide) groups is 1. The van der Waals surface area contributed by atoms with Crippen LogP contribution in [0, 0.1) is 5.82 Å². The number of benzene rings is 2. The van der Waals surface area contributed by atoms with Crippen molar-refractivity contribution in [2.75, 3.05) is 36.0 Å². The van der Waals surface area contributed by atoms with E-state index in [1.807, 2.05) is 24.3 Å². The molecule has 1 amide bonds. The van der Waals surface area contributed by atoms with Gasteiger partial charge in [-0.3, -0.25) is 18.9 Å². The Labute approximate surface area is 244 Å². The third-order valence-electron chi connectivity index (χ3n) is 6.96. The summed E-state index contributed by atoms with van der Waals surface area (Å²) in [7, 11) is 0. The van der Waals surface area contributed by atoms with Crippen LogP contribution in [0.3, 0.4) is 0 Å². The predicted molar refractivity (Wildman–Crippen MR) is 162 cm³/mol. The second-order valence-corrected chi connectivity index (χ2v) is 11.5. The third kappa shape index (κ3) is 5.10. The zero-order valence-electron chi connectivity index (χ0n) is 21.2. The van der Waals surface area contributed by atoms with Gasteiger partial charge >= 0.3 is 0 Å². The van der Waals surface area contributed by atoms with Crippen molar-refractivity contribution in [3.05, 3.63) is 110 Å². The average Bonchev–Trinajstić information content (AvgIpc) is 3.23. The summed E-state index contributed by atoms with van der Waals surface area (Å²) in [4.78, 5) is 38.1. The molecule has 0 bridgehead atoms. The second kappa shape index (κ2) is 11.0. The first-order chi connectivity index (χ1) is 19.4. The molecule has 0 unspecified atom stereocenters. The highest BCUT2D eigenvalue weighted by atomic mass is 35.5. The molecule has 2 aliphatic rings. The minimum absolute atomic E-state index is 0.245. The van der Waals surface area contributed by atoms with E-state index in [9.17, 15) is 14.0 Å². The Balaban J connectivity index is 1.33. The number of anilines is 2. The second-order valence-electron chi connectivity index (χ2n) is 9.39. The topological polar surface area (TPSA) is 61.2 Å². The third-order valence-corrected chi connectivity index (χ3v) is 8.70. The molecule has 2 saturated heterocycles. The number of piperazine rings is 1. The number of hydrogen-bond donors (Lipinski definition) is 0. The smallest absolute Gasteiger partial charge is 0.267 e. The fraction of sp³-hybridized carbons (Fsp3) is 0.172. The Hall–Kier alpha value is -3.73. The molecular formula is C29H23ClFN5O2S2. The predicted octanol–water partition coefficient (Wildman–Crippen LogP) is 5.22. The lowest BCUT2D eigenvalue weighted by Gasteiger charge is -2.37. The van der Waals surface area contributed by atoms with Crippen molar-refractivity contribution in [2.24, 2.45) is 0 Å². The van der Waals surface area contributed by atoms with Gasteiger partial charge in [-0.2, -0.15) is 0 Å². The van der Waals surface area contributed by atoms with Crippen LogP contribution >= 0.6 is 35.6 Å². The van der Waals surface area contributed by atoms with Crippen molar-refractivity contribution < 1.29 is 9.18 Å². The van der Waals surface area contributed by atoms with E-state index in [-0.39, 0.29) is 23.8 Å². The van der Waals surface area contributed by atoms with Crippen LogP contribution in [0.1, 0.15) is 11.1 Å². The van der Waals surface area contributed by atoms with Crippen molar-refractivity contribution in [2.45, 2.75) is 6.54 Å². The van der Waals surface area contributed by atoms with Gasteiger partial charge in [0, 0.05) is 43.1 Å². The fourth-order valence-electron chi connectivity index (χ4n) is 4.85.